The number of hydrogen-bond donors (Lipinski definition) is 1. The Bertz CT molecular complexity index is 1380. The van der Waals surface area contributed by atoms with E-state index in [2.05, 4.69) is 86.8 Å². The molecule has 1 amide bonds. The van der Waals surface area contributed by atoms with Crippen LogP contribution in [0.5, 0.6) is 0 Å². The Hall–Kier alpha value is -2.55. The second kappa shape index (κ2) is 47.1. The van der Waals surface area contributed by atoms with Gasteiger partial charge in [-0.1, -0.05) is 190 Å². The highest BCUT2D eigenvalue weighted by Gasteiger charge is 2.27. The Balaban J connectivity index is 5.49. The first-order chi connectivity index (χ1) is 32.4. The molecule has 3 atom stereocenters. The number of hydrogen-bond acceptors (Lipinski definition) is 7. The van der Waals surface area contributed by atoms with Crippen molar-refractivity contribution in [2.75, 3.05) is 40.9 Å². The van der Waals surface area contributed by atoms with Crippen molar-refractivity contribution in [3.8, 4) is 0 Å². The summed E-state index contributed by atoms with van der Waals surface area (Å²) in [4.78, 5) is 39.7. The third-order valence-electron chi connectivity index (χ3n) is 11.6. The second-order valence-corrected chi connectivity index (χ2v) is 20.8. The Morgan fingerprint density at radius 2 is 0.925 bits per heavy atom. The topological polar surface area (TPSA) is 114 Å². The predicted molar refractivity (Wildman–Crippen MR) is 284 cm³/mol. The molecular weight excluding hydrogens is 856 g/mol. The van der Waals surface area contributed by atoms with Crippen LogP contribution < -0.4 is 10.2 Å². The van der Waals surface area contributed by atoms with Crippen molar-refractivity contribution in [2.24, 2.45) is 0 Å². The van der Waals surface area contributed by atoms with E-state index in [4.69, 9.17) is 13.8 Å². The van der Waals surface area contributed by atoms with Gasteiger partial charge in [-0.15, -0.1) is 0 Å². The number of nitrogens with one attached hydrogen (secondary N) is 1. The van der Waals surface area contributed by atoms with Gasteiger partial charge in [0.1, 0.15) is 19.3 Å². The summed E-state index contributed by atoms with van der Waals surface area (Å²) in [5.41, 5.74) is 0. The fourth-order valence-electron chi connectivity index (χ4n) is 7.33. The van der Waals surface area contributed by atoms with Gasteiger partial charge in [0, 0.05) is 12.8 Å². The van der Waals surface area contributed by atoms with Gasteiger partial charge >= 0.3 is 5.97 Å². The zero-order valence-corrected chi connectivity index (χ0v) is 45.0. The van der Waals surface area contributed by atoms with Crippen LogP contribution in [-0.2, 0) is 27.9 Å². The van der Waals surface area contributed by atoms with Crippen molar-refractivity contribution in [2.45, 2.75) is 238 Å². The normalized spacial score (nSPS) is 14.4. The monoisotopic (exact) mass is 959 g/mol. The number of amides is 1. The fourth-order valence-corrected chi connectivity index (χ4v) is 8.05. The summed E-state index contributed by atoms with van der Waals surface area (Å²) in [6.45, 7) is 6.72. The van der Waals surface area contributed by atoms with E-state index >= 15 is 0 Å². The lowest BCUT2D eigenvalue weighted by Gasteiger charge is -2.30. The number of nitrogens with zero attached hydrogens (tertiary/aromatic N) is 1. The largest absolute Gasteiger partial charge is 0.756 e. The molecule has 0 radical (unpaired) electrons. The molecule has 0 saturated heterocycles. The molecule has 1 N–H and O–H groups in total. The molecule has 0 rings (SSSR count). The molecule has 67 heavy (non-hydrogen) atoms. The summed E-state index contributed by atoms with van der Waals surface area (Å²) in [6, 6.07) is -0.923. The maximum Gasteiger partial charge on any atom is 0.306 e. The number of rotatable bonds is 48. The first-order valence-electron chi connectivity index (χ1n) is 27.2. The molecule has 0 bridgehead atoms. The van der Waals surface area contributed by atoms with Crippen LogP contribution in [0.4, 0.5) is 0 Å². The highest BCUT2D eigenvalue weighted by Crippen LogP contribution is 2.38. The zero-order valence-electron chi connectivity index (χ0n) is 44.1. The molecule has 10 heteroatoms. The number of carbonyl (C=O) groups is 2. The van der Waals surface area contributed by atoms with Crippen molar-refractivity contribution in [1.82, 2.24) is 5.32 Å². The molecule has 0 aliphatic carbocycles. The summed E-state index contributed by atoms with van der Waals surface area (Å²) in [7, 11) is 1.13. The van der Waals surface area contributed by atoms with E-state index in [9.17, 15) is 19.0 Å². The van der Waals surface area contributed by atoms with Crippen LogP contribution in [0.1, 0.15) is 226 Å². The number of likely N-dealkylation sites (N-methyl/N-ethyl adjacent to an activating group) is 1. The first kappa shape index (κ1) is 64.5. The Kier molecular flexibility index (Phi) is 45.3. The van der Waals surface area contributed by atoms with Crippen molar-refractivity contribution in [3.05, 3.63) is 72.9 Å². The smallest absolute Gasteiger partial charge is 0.306 e. The lowest BCUT2D eigenvalue weighted by atomic mass is 10.1. The number of unbranched alkanes of at least 4 members (excludes halogenated alkanes) is 22. The molecule has 0 aromatic carbocycles. The third kappa shape index (κ3) is 48.3. The van der Waals surface area contributed by atoms with Crippen LogP contribution in [0, 0.1) is 0 Å². The van der Waals surface area contributed by atoms with Crippen LogP contribution in [-0.4, -0.2) is 69.4 Å². The van der Waals surface area contributed by atoms with Crippen LogP contribution >= 0.6 is 7.82 Å². The minimum Gasteiger partial charge on any atom is -0.756 e. The van der Waals surface area contributed by atoms with E-state index in [-0.39, 0.29) is 31.3 Å². The second-order valence-electron chi connectivity index (χ2n) is 19.4. The van der Waals surface area contributed by atoms with Gasteiger partial charge in [-0.3, -0.25) is 14.2 Å². The molecule has 0 aliphatic rings. The molecule has 0 saturated carbocycles. The summed E-state index contributed by atoms with van der Waals surface area (Å²) in [6.07, 6.45) is 58.8. The van der Waals surface area contributed by atoms with Crippen LogP contribution in [0.2, 0.25) is 0 Å². The van der Waals surface area contributed by atoms with Crippen molar-refractivity contribution >= 4 is 19.7 Å². The van der Waals surface area contributed by atoms with Gasteiger partial charge in [0.05, 0.1) is 33.8 Å². The SMILES string of the molecule is CCCCC/C=C\C/C=C\C/C=C\C/C=C\CCCC(=O)NC(COP(=O)([O-])OCC[N+](C)(C)C)C(/C=C\CCCCCCCCCCC)OC(=O)CCCCC/C=C\CCCCCCCC. The Labute approximate surface area is 413 Å². The maximum absolute atomic E-state index is 13.4. The molecule has 0 heterocycles. The highest BCUT2D eigenvalue weighted by molar-refractivity contribution is 7.45. The molecular formula is C57H103N2O7P. The molecule has 0 fully saturated rings. The third-order valence-corrected chi connectivity index (χ3v) is 12.6. The number of phosphoric ester groups is 1. The standard InChI is InChI=1S/C57H103N2O7P/c1-7-10-13-16-19-22-25-27-28-29-30-32-34-37-40-43-46-49-56(60)58-54(53-65-67(62,63)64-52-51-59(4,5)6)55(48-45-42-39-36-33-24-21-18-15-12-9-3)66-57(61)50-47-44-41-38-35-31-26-23-20-17-14-11-8-2/h19,22,27-28,30-32,35,37,40,45,48,54-55H,7-18,20-21,23-26,29,33-34,36,38-39,41-44,46-47,49-53H2,1-6H3,(H-,58,60,62,63)/b22-19-,28-27-,32-30-,35-31-,40-37-,48-45-. The number of ether oxygens (including phenoxy) is 1. The van der Waals surface area contributed by atoms with E-state index in [0.717, 1.165) is 70.6 Å². The van der Waals surface area contributed by atoms with E-state index in [1.165, 1.54) is 109 Å². The summed E-state index contributed by atoms with van der Waals surface area (Å²) >= 11 is 0. The Morgan fingerprint density at radius 3 is 1.43 bits per heavy atom. The summed E-state index contributed by atoms with van der Waals surface area (Å²) in [5, 5.41) is 2.97. The number of carbonyl (C=O) groups excluding carboxylic acids is 2. The van der Waals surface area contributed by atoms with E-state index in [1.54, 1.807) is 6.08 Å². The molecule has 0 aromatic heterocycles. The molecule has 9 nitrogen and oxygen atoms in total. The van der Waals surface area contributed by atoms with Crippen molar-refractivity contribution in [1.29, 1.82) is 0 Å². The van der Waals surface area contributed by atoms with Gasteiger partial charge in [-0.2, -0.15) is 0 Å². The van der Waals surface area contributed by atoms with Gasteiger partial charge < -0.3 is 28.5 Å². The molecule has 0 aromatic rings. The lowest BCUT2D eigenvalue weighted by Crippen LogP contribution is -2.47. The first-order valence-corrected chi connectivity index (χ1v) is 28.7. The summed E-state index contributed by atoms with van der Waals surface area (Å²) < 4.78 is 30.1. The molecule has 0 spiro atoms. The summed E-state index contributed by atoms with van der Waals surface area (Å²) in [5.74, 6) is -0.630. The predicted octanol–water partition coefficient (Wildman–Crippen LogP) is 15.5. The Morgan fingerprint density at radius 1 is 0.522 bits per heavy atom. The van der Waals surface area contributed by atoms with Gasteiger partial charge in [-0.25, -0.2) is 0 Å². The van der Waals surface area contributed by atoms with Crippen LogP contribution in [0.3, 0.4) is 0 Å². The minimum atomic E-state index is -4.71. The average Bonchev–Trinajstić information content (AvgIpc) is 3.28. The minimum absolute atomic E-state index is 0.0369. The average molecular weight is 959 g/mol. The maximum atomic E-state index is 13.4. The molecule has 3 unspecified atom stereocenters. The van der Waals surface area contributed by atoms with E-state index in [0.29, 0.717) is 23.9 Å². The molecule has 388 valence electrons. The van der Waals surface area contributed by atoms with Crippen molar-refractivity contribution < 1.29 is 37.3 Å². The molecule has 0 aliphatic heterocycles. The van der Waals surface area contributed by atoms with Gasteiger partial charge in [0.25, 0.3) is 7.82 Å². The number of phosphoric acid groups is 1. The van der Waals surface area contributed by atoms with Gasteiger partial charge in [-0.05, 0) is 96.0 Å². The van der Waals surface area contributed by atoms with E-state index in [1.807, 2.05) is 27.2 Å². The number of esters is 1. The van der Waals surface area contributed by atoms with Crippen molar-refractivity contribution in [3.63, 3.8) is 0 Å². The fraction of sp³-hybridized carbons (Fsp3) is 0.754. The van der Waals surface area contributed by atoms with E-state index < -0.39 is 26.6 Å². The zero-order chi connectivity index (χ0) is 49.4. The number of quaternary nitrogens is 1. The van der Waals surface area contributed by atoms with Crippen LogP contribution in [0.15, 0.2) is 72.9 Å². The van der Waals surface area contributed by atoms with Gasteiger partial charge in [0.15, 0.2) is 0 Å². The highest BCUT2D eigenvalue weighted by atomic mass is 31.2. The lowest BCUT2D eigenvalue weighted by molar-refractivity contribution is -0.870. The van der Waals surface area contributed by atoms with Crippen LogP contribution in [0.25, 0.3) is 0 Å². The quantitative estimate of drug-likeness (QED) is 0.0212. The number of allylic oxidation sites excluding steroid dienone is 11. The van der Waals surface area contributed by atoms with Gasteiger partial charge in [0.2, 0.25) is 5.91 Å².